The van der Waals surface area contributed by atoms with Gasteiger partial charge in [0.05, 0.1) is 18.8 Å². The van der Waals surface area contributed by atoms with Crippen molar-refractivity contribution in [3.05, 3.63) is 30.1 Å². The van der Waals surface area contributed by atoms with Crippen LogP contribution in [-0.4, -0.2) is 33.7 Å². The third-order valence-corrected chi connectivity index (χ3v) is 3.05. The van der Waals surface area contributed by atoms with E-state index in [1.54, 1.807) is 0 Å². The smallest absolute Gasteiger partial charge is 0.192 e. The molecule has 0 saturated carbocycles. The second-order valence-corrected chi connectivity index (χ2v) is 3.96. The maximum atomic E-state index is 5.85. The fraction of sp³-hybridized carbons (Fsp3) is 0.455. The normalized spacial score (nSPS) is 20.0. The van der Waals surface area contributed by atoms with Crippen LogP contribution in [0.15, 0.2) is 23.8 Å². The molecule has 0 aliphatic carbocycles. The van der Waals surface area contributed by atoms with E-state index in [0.717, 1.165) is 5.69 Å². The standard InChI is InChI=1S/C11H17N5/c1-4-5-16-10(7-13-11(16)12)9-6-14-15(3)8(9)2/h4,6,10H,1,5,7H2,2-3H3,(H2,12,13). The highest BCUT2D eigenvalue weighted by Gasteiger charge is 2.28. The molecule has 16 heavy (non-hydrogen) atoms. The average Bonchev–Trinajstić information content (AvgIpc) is 2.76. The summed E-state index contributed by atoms with van der Waals surface area (Å²) in [6, 6.07) is 0.201. The Labute approximate surface area is 95.3 Å². The van der Waals surface area contributed by atoms with Gasteiger partial charge in [-0.1, -0.05) is 6.08 Å². The lowest BCUT2D eigenvalue weighted by Gasteiger charge is -2.24. The monoisotopic (exact) mass is 219 g/mol. The van der Waals surface area contributed by atoms with E-state index in [9.17, 15) is 0 Å². The Morgan fingerprint density at radius 2 is 2.44 bits per heavy atom. The second kappa shape index (κ2) is 4.00. The molecule has 0 amide bonds. The minimum Gasteiger partial charge on any atom is -0.370 e. The molecule has 2 rings (SSSR count). The van der Waals surface area contributed by atoms with E-state index in [1.165, 1.54) is 5.56 Å². The molecule has 1 unspecified atom stereocenters. The van der Waals surface area contributed by atoms with Crippen molar-refractivity contribution in [2.45, 2.75) is 13.0 Å². The molecule has 1 aromatic rings. The van der Waals surface area contributed by atoms with Gasteiger partial charge >= 0.3 is 0 Å². The number of nitrogens with two attached hydrogens (primary N) is 1. The van der Waals surface area contributed by atoms with Gasteiger partial charge in [0, 0.05) is 24.8 Å². The summed E-state index contributed by atoms with van der Waals surface area (Å²) in [6.45, 7) is 7.22. The number of aromatic nitrogens is 2. The van der Waals surface area contributed by atoms with Crippen molar-refractivity contribution in [1.82, 2.24) is 14.7 Å². The number of hydrogen-bond donors (Lipinski definition) is 1. The Hall–Kier alpha value is -1.78. The second-order valence-electron chi connectivity index (χ2n) is 3.96. The molecular formula is C11H17N5. The van der Waals surface area contributed by atoms with E-state index in [4.69, 9.17) is 5.73 Å². The third-order valence-electron chi connectivity index (χ3n) is 3.05. The van der Waals surface area contributed by atoms with Crippen molar-refractivity contribution >= 4 is 5.96 Å². The number of guanidine groups is 1. The maximum absolute atomic E-state index is 5.85. The zero-order valence-electron chi connectivity index (χ0n) is 9.72. The van der Waals surface area contributed by atoms with Crippen LogP contribution in [-0.2, 0) is 7.05 Å². The largest absolute Gasteiger partial charge is 0.370 e. The van der Waals surface area contributed by atoms with Crippen LogP contribution in [0.3, 0.4) is 0 Å². The van der Waals surface area contributed by atoms with Crippen LogP contribution in [0.5, 0.6) is 0 Å². The summed E-state index contributed by atoms with van der Waals surface area (Å²) in [5.41, 5.74) is 8.20. The lowest BCUT2D eigenvalue weighted by atomic mass is 10.1. The summed E-state index contributed by atoms with van der Waals surface area (Å²) < 4.78 is 1.87. The van der Waals surface area contributed by atoms with E-state index < -0.39 is 0 Å². The van der Waals surface area contributed by atoms with Gasteiger partial charge in [0.25, 0.3) is 0 Å². The van der Waals surface area contributed by atoms with Crippen LogP contribution in [0.2, 0.25) is 0 Å². The Kier molecular flexibility index (Phi) is 2.68. The SMILES string of the molecule is C=CCN1C(N)=NCC1c1cnn(C)c1C. The molecule has 2 heterocycles. The molecule has 86 valence electrons. The van der Waals surface area contributed by atoms with Crippen molar-refractivity contribution in [3.63, 3.8) is 0 Å². The van der Waals surface area contributed by atoms with Gasteiger partial charge in [0.1, 0.15) is 0 Å². The Balaban J connectivity index is 2.28. The fourth-order valence-corrected chi connectivity index (χ4v) is 2.00. The van der Waals surface area contributed by atoms with Gasteiger partial charge < -0.3 is 10.6 Å². The highest BCUT2D eigenvalue weighted by molar-refractivity contribution is 5.80. The molecule has 0 radical (unpaired) electrons. The number of hydrogen-bond acceptors (Lipinski definition) is 4. The zero-order valence-corrected chi connectivity index (χ0v) is 9.72. The Morgan fingerprint density at radius 3 is 3.00 bits per heavy atom. The highest BCUT2D eigenvalue weighted by atomic mass is 15.3. The van der Waals surface area contributed by atoms with Gasteiger partial charge in [0.2, 0.25) is 0 Å². The van der Waals surface area contributed by atoms with Gasteiger partial charge in [-0.2, -0.15) is 5.10 Å². The molecule has 2 N–H and O–H groups in total. The van der Waals surface area contributed by atoms with Gasteiger partial charge in [-0.05, 0) is 6.92 Å². The van der Waals surface area contributed by atoms with Gasteiger partial charge in [-0.25, -0.2) is 0 Å². The molecule has 1 atom stereocenters. The molecule has 0 bridgehead atoms. The van der Waals surface area contributed by atoms with E-state index >= 15 is 0 Å². The molecule has 1 aromatic heterocycles. The van der Waals surface area contributed by atoms with E-state index in [2.05, 4.69) is 28.5 Å². The van der Waals surface area contributed by atoms with E-state index in [0.29, 0.717) is 19.0 Å². The number of aliphatic imine (C=N–C) groups is 1. The van der Waals surface area contributed by atoms with Crippen LogP contribution in [0.1, 0.15) is 17.3 Å². The molecule has 1 aliphatic rings. The first kappa shape index (κ1) is 10.7. The third kappa shape index (κ3) is 1.58. The van der Waals surface area contributed by atoms with E-state index in [1.807, 2.05) is 24.0 Å². The van der Waals surface area contributed by atoms with Crippen LogP contribution in [0.25, 0.3) is 0 Å². The summed E-state index contributed by atoms with van der Waals surface area (Å²) in [5, 5.41) is 4.25. The van der Waals surface area contributed by atoms with Crippen LogP contribution >= 0.6 is 0 Å². The lowest BCUT2D eigenvalue weighted by Crippen LogP contribution is -2.36. The molecule has 5 heteroatoms. The summed E-state index contributed by atoms with van der Waals surface area (Å²) in [7, 11) is 1.94. The van der Waals surface area contributed by atoms with Crippen LogP contribution in [0.4, 0.5) is 0 Å². The minimum atomic E-state index is 0.201. The van der Waals surface area contributed by atoms with Gasteiger partial charge in [-0.3, -0.25) is 9.67 Å². The summed E-state index contributed by atoms with van der Waals surface area (Å²) in [4.78, 5) is 6.33. The predicted molar refractivity (Wildman–Crippen MR) is 64.1 cm³/mol. The average molecular weight is 219 g/mol. The first-order chi connectivity index (χ1) is 7.65. The molecule has 0 aromatic carbocycles. The Morgan fingerprint density at radius 1 is 1.69 bits per heavy atom. The Bertz CT molecular complexity index is 432. The number of nitrogens with zero attached hydrogens (tertiary/aromatic N) is 4. The molecule has 5 nitrogen and oxygen atoms in total. The zero-order chi connectivity index (χ0) is 11.7. The maximum Gasteiger partial charge on any atom is 0.192 e. The summed E-state index contributed by atoms with van der Waals surface area (Å²) >= 11 is 0. The minimum absolute atomic E-state index is 0.201. The summed E-state index contributed by atoms with van der Waals surface area (Å²) in [5.74, 6) is 0.591. The van der Waals surface area contributed by atoms with Crippen molar-refractivity contribution in [2.75, 3.05) is 13.1 Å². The van der Waals surface area contributed by atoms with Crippen LogP contribution in [0, 0.1) is 6.92 Å². The predicted octanol–water partition coefficient (Wildman–Crippen LogP) is 0.586. The van der Waals surface area contributed by atoms with E-state index in [-0.39, 0.29) is 6.04 Å². The number of rotatable bonds is 3. The lowest BCUT2D eigenvalue weighted by molar-refractivity contribution is 0.379. The van der Waals surface area contributed by atoms with Gasteiger partial charge in [-0.15, -0.1) is 6.58 Å². The molecule has 0 saturated heterocycles. The van der Waals surface area contributed by atoms with Gasteiger partial charge in [0.15, 0.2) is 5.96 Å². The summed E-state index contributed by atoms with van der Waals surface area (Å²) in [6.07, 6.45) is 3.73. The fourth-order valence-electron chi connectivity index (χ4n) is 2.00. The molecule has 0 fully saturated rings. The van der Waals surface area contributed by atoms with Crippen molar-refractivity contribution in [2.24, 2.45) is 17.8 Å². The van der Waals surface area contributed by atoms with Crippen molar-refractivity contribution in [1.29, 1.82) is 0 Å². The number of aryl methyl sites for hydroxylation is 1. The molecule has 1 aliphatic heterocycles. The topological polar surface area (TPSA) is 59.4 Å². The first-order valence-corrected chi connectivity index (χ1v) is 5.31. The molecule has 0 spiro atoms. The quantitative estimate of drug-likeness (QED) is 0.757. The van der Waals surface area contributed by atoms with Crippen LogP contribution < -0.4 is 5.73 Å². The van der Waals surface area contributed by atoms with Crippen molar-refractivity contribution < 1.29 is 0 Å². The molecular weight excluding hydrogens is 202 g/mol. The first-order valence-electron chi connectivity index (χ1n) is 5.31. The highest BCUT2D eigenvalue weighted by Crippen LogP contribution is 2.27. The van der Waals surface area contributed by atoms with Crippen molar-refractivity contribution in [3.8, 4) is 0 Å².